The Hall–Kier alpha value is -2.17. The molecule has 0 bridgehead atoms. The second-order valence-corrected chi connectivity index (χ2v) is 6.42. The maximum Gasteiger partial charge on any atom is 0.335 e. The number of hydrogen-bond acceptors (Lipinski definition) is 3. The van der Waals surface area contributed by atoms with Gasteiger partial charge in [-0.25, -0.2) is 4.79 Å². The summed E-state index contributed by atoms with van der Waals surface area (Å²) in [5, 5.41) is 12.6. The second-order valence-electron chi connectivity index (χ2n) is 6.42. The second kappa shape index (κ2) is 8.08. The molecule has 0 aliphatic carbocycles. The number of nitrogens with zero attached hydrogens (tertiary/aromatic N) is 1. The molecule has 1 saturated heterocycles. The van der Waals surface area contributed by atoms with Crippen LogP contribution in [0.1, 0.15) is 34.3 Å². The predicted molar refractivity (Wildman–Crippen MR) is 95.0 cm³/mol. The van der Waals surface area contributed by atoms with Crippen molar-refractivity contribution in [1.29, 1.82) is 0 Å². The van der Waals surface area contributed by atoms with Crippen molar-refractivity contribution >= 4 is 5.97 Å². The number of likely N-dealkylation sites (tertiary alicyclic amines) is 1. The van der Waals surface area contributed by atoms with E-state index in [1.165, 1.54) is 5.56 Å². The van der Waals surface area contributed by atoms with E-state index in [0.717, 1.165) is 44.6 Å². The standard InChI is InChI=1S/C20H24N2O2/c23-20(24)18-8-4-7-17(13-18)14-21-19-9-11-22(12-10-19)15-16-5-2-1-3-6-16/h1-8,13,19,21H,9-12,14-15H2,(H,23,24). The lowest BCUT2D eigenvalue weighted by Gasteiger charge is -2.32. The average Bonchev–Trinajstić information content (AvgIpc) is 2.62. The van der Waals surface area contributed by atoms with Crippen LogP contribution in [0.5, 0.6) is 0 Å². The highest BCUT2D eigenvalue weighted by molar-refractivity contribution is 5.87. The highest BCUT2D eigenvalue weighted by Gasteiger charge is 2.18. The number of nitrogens with one attached hydrogen (secondary N) is 1. The first-order chi connectivity index (χ1) is 11.7. The van der Waals surface area contributed by atoms with Crippen LogP contribution in [0.15, 0.2) is 54.6 Å². The van der Waals surface area contributed by atoms with E-state index in [4.69, 9.17) is 5.11 Å². The number of carboxylic acids is 1. The quantitative estimate of drug-likeness (QED) is 0.857. The van der Waals surface area contributed by atoms with E-state index < -0.39 is 5.97 Å². The summed E-state index contributed by atoms with van der Waals surface area (Å²) < 4.78 is 0. The Morgan fingerprint density at radius 1 is 1.04 bits per heavy atom. The summed E-state index contributed by atoms with van der Waals surface area (Å²) in [6.07, 6.45) is 2.26. The SMILES string of the molecule is O=C(O)c1cccc(CNC2CCN(Cc3ccccc3)CC2)c1. The smallest absolute Gasteiger partial charge is 0.335 e. The lowest BCUT2D eigenvalue weighted by molar-refractivity contribution is 0.0696. The molecule has 0 unspecified atom stereocenters. The zero-order valence-corrected chi connectivity index (χ0v) is 13.8. The van der Waals surface area contributed by atoms with E-state index in [2.05, 4.69) is 40.5 Å². The summed E-state index contributed by atoms with van der Waals surface area (Å²) in [4.78, 5) is 13.5. The number of aromatic carboxylic acids is 1. The van der Waals surface area contributed by atoms with Crippen LogP contribution in [0.25, 0.3) is 0 Å². The number of rotatable bonds is 6. The van der Waals surface area contributed by atoms with Crippen molar-refractivity contribution in [1.82, 2.24) is 10.2 Å². The molecule has 3 rings (SSSR count). The van der Waals surface area contributed by atoms with Crippen LogP contribution in [0.3, 0.4) is 0 Å². The van der Waals surface area contributed by atoms with Gasteiger partial charge in [-0.15, -0.1) is 0 Å². The van der Waals surface area contributed by atoms with Gasteiger partial charge in [-0.1, -0.05) is 42.5 Å². The minimum absolute atomic E-state index is 0.354. The van der Waals surface area contributed by atoms with Crippen molar-refractivity contribution in [3.63, 3.8) is 0 Å². The van der Waals surface area contributed by atoms with Gasteiger partial charge in [0.1, 0.15) is 0 Å². The van der Waals surface area contributed by atoms with Crippen molar-refractivity contribution in [3.8, 4) is 0 Å². The first kappa shape index (κ1) is 16.7. The highest BCUT2D eigenvalue weighted by atomic mass is 16.4. The number of carbonyl (C=O) groups is 1. The largest absolute Gasteiger partial charge is 0.478 e. The zero-order valence-electron chi connectivity index (χ0n) is 13.8. The molecule has 0 radical (unpaired) electrons. The third-order valence-corrected chi connectivity index (χ3v) is 4.61. The molecule has 2 N–H and O–H groups in total. The van der Waals surface area contributed by atoms with Crippen LogP contribution in [0.4, 0.5) is 0 Å². The van der Waals surface area contributed by atoms with E-state index in [-0.39, 0.29) is 0 Å². The van der Waals surface area contributed by atoms with Gasteiger partial charge in [-0.05, 0) is 49.2 Å². The van der Waals surface area contributed by atoms with E-state index in [1.807, 2.05) is 12.1 Å². The molecule has 4 nitrogen and oxygen atoms in total. The Labute approximate surface area is 143 Å². The van der Waals surface area contributed by atoms with Crippen molar-refractivity contribution in [2.24, 2.45) is 0 Å². The maximum atomic E-state index is 11.0. The summed E-state index contributed by atoms with van der Waals surface area (Å²) in [6, 6.07) is 18.3. The molecule has 0 saturated carbocycles. The van der Waals surface area contributed by atoms with Gasteiger partial charge in [0.05, 0.1) is 5.56 Å². The molecule has 4 heteroatoms. The molecule has 1 aliphatic rings. The summed E-state index contributed by atoms with van der Waals surface area (Å²) in [6.45, 7) is 3.95. The number of piperidine rings is 1. The number of benzene rings is 2. The molecule has 1 aliphatic heterocycles. The number of carboxylic acid groups (broad SMARTS) is 1. The van der Waals surface area contributed by atoms with Gasteiger partial charge >= 0.3 is 5.97 Å². The van der Waals surface area contributed by atoms with Crippen LogP contribution in [-0.2, 0) is 13.1 Å². The minimum Gasteiger partial charge on any atom is -0.478 e. The molecule has 1 heterocycles. The van der Waals surface area contributed by atoms with Crippen molar-refractivity contribution in [3.05, 3.63) is 71.3 Å². The van der Waals surface area contributed by atoms with Crippen molar-refractivity contribution < 1.29 is 9.90 Å². The van der Waals surface area contributed by atoms with Gasteiger partial charge in [-0.3, -0.25) is 4.90 Å². The van der Waals surface area contributed by atoms with E-state index in [1.54, 1.807) is 12.1 Å². The zero-order chi connectivity index (χ0) is 16.8. The average molecular weight is 324 g/mol. The topological polar surface area (TPSA) is 52.6 Å². The lowest BCUT2D eigenvalue weighted by Crippen LogP contribution is -2.41. The molecule has 24 heavy (non-hydrogen) atoms. The lowest BCUT2D eigenvalue weighted by atomic mass is 10.0. The van der Waals surface area contributed by atoms with E-state index >= 15 is 0 Å². The third kappa shape index (κ3) is 4.66. The van der Waals surface area contributed by atoms with Gasteiger partial charge in [0.25, 0.3) is 0 Å². The fraction of sp³-hybridized carbons (Fsp3) is 0.350. The monoisotopic (exact) mass is 324 g/mol. The molecule has 2 aromatic carbocycles. The molecule has 0 spiro atoms. The molecule has 1 fully saturated rings. The van der Waals surface area contributed by atoms with Gasteiger partial charge in [0, 0.05) is 19.1 Å². The Bertz CT molecular complexity index is 664. The van der Waals surface area contributed by atoms with Crippen LogP contribution < -0.4 is 5.32 Å². The summed E-state index contributed by atoms with van der Waals surface area (Å²) in [5.74, 6) is -0.869. The Morgan fingerprint density at radius 2 is 1.75 bits per heavy atom. The fourth-order valence-corrected chi connectivity index (χ4v) is 3.21. The Morgan fingerprint density at radius 3 is 2.46 bits per heavy atom. The molecular weight excluding hydrogens is 300 g/mol. The van der Waals surface area contributed by atoms with Crippen molar-refractivity contribution in [2.75, 3.05) is 13.1 Å². The van der Waals surface area contributed by atoms with Gasteiger partial charge < -0.3 is 10.4 Å². The number of hydrogen-bond donors (Lipinski definition) is 2. The molecule has 2 aromatic rings. The predicted octanol–water partition coefficient (Wildman–Crippen LogP) is 3.14. The summed E-state index contributed by atoms with van der Waals surface area (Å²) in [5.41, 5.74) is 2.75. The van der Waals surface area contributed by atoms with E-state index in [9.17, 15) is 4.79 Å². The van der Waals surface area contributed by atoms with Gasteiger partial charge in [-0.2, -0.15) is 0 Å². The minimum atomic E-state index is -0.869. The van der Waals surface area contributed by atoms with Crippen LogP contribution in [0.2, 0.25) is 0 Å². The van der Waals surface area contributed by atoms with Crippen LogP contribution in [0, 0.1) is 0 Å². The molecule has 0 amide bonds. The summed E-state index contributed by atoms with van der Waals surface area (Å²) in [7, 11) is 0. The molecule has 0 aromatic heterocycles. The fourth-order valence-electron chi connectivity index (χ4n) is 3.21. The van der Waals surface area contributed by atoms with E-state index in [0.29, 0.717) is 11.6 Å². The third-order valence-electron chi connectivity index (χ3n) is 4.61. The summed E-state index contributed by atoms with van der Waals surface area (Å²) >= 11 is 0. The first-order valence-corrected chi connectivity index (χ1v) is 8.52. The highest BCUT2D eigenvalue weighted by Crippen LogP contribution is 2.14. The van der Waals surface area contributed by atoms with Crippen molar-refractivity contribution in [2.45, 2.75) is 32.0 Å². The van der Waals surface area contributed by atoms with Crippen LogP contribution >= 0.6 is 0 Å². The molecule has 0 atom stereocenters. The Kier molecular flexibility index (Phi) is 5.62. The van der Waals surface area contributed by atoms with Gasteiger partial charge in [0.15, 0.2) is 0 Å². The van der Waals surface area contributed by atoms with Gasteiger partial charge in [0.2, 0.25) is 0 Å². The Balaban J connectivity index is 1.44. The first-order valence-electron chi connectivity index (χ1n) is 8.52. The maximum absolute atomic E-state index is 11.0. The normalized spacial score (nSPS) is 16.2. The molecular formula is C20H24N2O2. The van der Waals surface area contributed by atoms with Crippen LogP contribution in [-0.4, -0.2) is 35.1 Å². The molecule has 126 valence electrons.